The topological polar surface area (TPSA) is 45.8 Å². The normalized spacial score (nSPS) is 14.9. The minimum absolute atomic E-state index is 0.00483. The number of hydrogen-bond donors (Lipinski definition) is 1. The molecule has 2 aromatic heterocycles. The Morgan fingerprint density at radius 3 is 2.83 bits per heavy atom. The van der Waals surface area contributed by atoms with Gasteiger partial charge in [0.1, 0.15) is 10.7 Å². The number of allylic oxidation sites excluding steroid dienone is 1. The number of rotatable bonds is 2. The van der Waals surface area contributed by atoms with E-state index in [9.17, 15) is 4.79 Å². The van der Waals surface area contributed by atoms with E-state index < -0.39 is 0 Å². The maximum absolute atomic E-state index is 12.6. The zero-order valence-electron chi connectivity index (χ0n) is 13.1. The summed E-state index contributed by atoms with van der Waals surface area (Å²) in [4.78, 5) is 22.5. The number of aryl methyl sites for hydroxylation is 2. The first-order valence-electron chi connectivity index (χ1n) is 8.00. The zero-order valence-corrected chi connectivity index (χ0v) is 13.9. The molecule has 0 bridgehead atoms. The number of benzene rings is 1. The molecule has 0 aliphatic heterocycles. The smallest absolute Gasteiger partial charge is 0.260 e. The second kappa shape index (κ2) is 5.78. The molecule has 23 heavy (non-hydrogen) atoms. The van der Waals surface area contributed by atoms with Gasteiger partial charge in [-0.15, -0.1) is 11.3 Å². The summed E-state index contributed by atoms with van der Waals surface area (Å²) in [7, 11) is 0. The number of nitrogens with zero attached hydrogens (tertiary/aromatic N) is 1. The minimum atomic E-state index is 0.00483. The molecule has 0 saturated carbocycles. The molecule has 4 rings (SSSR count). The highest BCUT2D eigenvalue weighted by molar-refractivity contribution is 7.18. The van der Waals surface area contributed by atoms with Crippen LogP contribution in [-0.2, 0) is 12.8 Å². The molecule has 0 atom stereocenters. The molecule has 0 saturated heterocycles. The summed E-state index contributed by atoms with van der Waals surface area (Å²) in [5.41, 5.74) is 3.33. The van der Waals surface area contributed by atoms with Gasteiger partial charge in [0.05, 0.1) is 5.39 Å². The fraction of sp³-hybridized carbons (Fsp3) is 0.263. The summed E-state index contributed by atoms with van der Waals surface area (Å²) in [6.45, 7) is 1.99. The molecule has 0 amide bonds. The number of H-pyrrole nitrogens is 1. The predicted molar refractivity (Wildman–Crippen MR) is 96.9 cm³/mol. The van der Waals surface area contributed by atoms with E-state index in [0.29, 0.717) is 5.82 Å². The molecule has 0 spiro atoms. The van der Waals surface area contributed by atoms with Gasteiger partial charge in [-0.3, -0.25) is 4.79 Å². The quantitative estimate of drug-likeness (QED) is 0.759. The molecule has 0 radical (unpaired) electrons. The largest absolute Gasteiger partial charge is 0.306 e. The number of fused-ring (bicyclic) bond motifs is 3. The Kier molecular flexibility index (Phi) is 3.62. The lowest BCUT2D eigenvalue weighted by Crippen LogP contribution is -2.12. The van der Waals surface area contributed by atoms with Gasteiger partial charge in [-0.05, 0) is 55.4 Å². The van der Waals surface area contributed by atoms with Crippen molar-refractivity contribution in [2.45, 2.75) is 32.6 Å². The first-order chi connectivity index (χ1) is 11.2. The number of thiophene rings is 1. The van der Waals surface area contributed by atoms with E-state index in [4.69, 9.17) is 4.98 Å². The molecule has 3 aromatic rings. The summed E-state index contributed by atoms with van der Waals surface area (Å²) in [5, 5.41) is 0.820. The fourth-order valence-corrected chi connectivity index (χ4v) is 4.48. The Bertz CT molecular complexity index is 951. The monoisotopic (exact) mass is 322 g/mol. The minimum Gasteiger partial charge on any atom is -0.306 e. The van der Waals surface area contributed by atoms with E-state index >= 15 is 0 Å². The average Bonchev–Trinajstić information content (AvgIpc) is 2.94. The molecule has 116 valence electrons. The molecule has 3 nitrogen and oxygen atoms in total. The van der Waals surface area contributed by atoms with E-state index in [2.05, 4.69) is 11.1 Å². The van der Waals surface area contributed by atoms with E-state index in [1.807, 2.05) is 37.3 Å². The van der Waals surface area contributed by atoms with Crippen LogP contribution in [0.5, 0.6) is 0 Å². The molecule has 2 heterocycles. The Balaban J connectivity index is 1.83. The van der Waals surface area contributed by atoms with Gasteiger partial charge in [-0.2, -0.15) is 0 Å². The third-order valence-electron chi connectivity index (χ3n) is 4.38. The van der Waals surface area contributed by atoms with Crippen molar-refractivity contribution < 1.29 is 0 Å². The van der Waals surface area contributed by atoms with E-state index in [1.54, 1.807) is 11.3 Å². The van der Waals surface area contributed by atoms with Gasteiger partial charge in [0.25, 0.3) is 5.56 Å². The van der Waals surface area contributed by atoms with Gasteiger partial charge in [-0.25, -0.2) is 4.98 Å². The number of nitrogens with one attached hydrogen (secondary N) is 1. The van der Waals surface area contributed by atoms with Crippen LogP contribution in [0.2, 0.25) is 0 Å². The van der Waals surface area contributed by atoms with Crippen molar-refractivity contribution in [2.24, 2.45) is 0 Å². The van der Waals surface area contributed by atoms with E-state index in [1.165, 1.54) is 23.3 Å². The first-order valence-corrected chi connectivity index (χ1v) is 8.82. The van der Waals surface area contributed by atoms with Crippen molar-refractivity contribution in [1.29, 1.82) is 0 Å². The van der Waals surface area contributed by atoms with Crippen LogP contribution in [-0.4, -0.2) is 9.97 Å². The zero-order chi connectivity index (χ0) is 15.8. The molecule has 0 fully saturated rings. The Hall–Kier alpha value is -2.20. The van der Waals surface area contributed by atoms with Crippen LogP contribution < -0.4 is 5.56 Å². The molecule has 1 aliphatic rings. The molecular weight excluding hydrogens is 304 g/mol. The molecule has 0 unspecified atom stereocenters. The average molecular weight is 322 g/mol. The highest BCUT2D eigenvalue weighted by atomic mass is 32.1. The van der Waals surface area contributed by atoms with Crippen molar-refractivity contribution in [3.8, 4) is 0 Å². The SMILES string of the molecule is C/C(=C\c1ccccc1)c1nc2sc3c(c2c(=O)[nH]1)CCCC3. The Morgan fingerprint density at radius 1 is 1.22 bits per heavy atom. The van der Waals surface area contributed by atoms with Crippen molar-refractivity contribution in [3.05, 3.63) is 62.5 Å². The molecule has 1 aliphatic carbocycles. The number of hydrogen-bond acceptors (Lipinski definition) is 3. The van der Waals surface area contributed by atoms with Gasteiger partial charge in [0.2, 0.25) is 0 Å². The lowest BCUT2D eigenvalue weighted by atomic mass is 9.97. The highest BCUT2D eigenvalue weighted by Crippen LogP contribution is 2.33. The summed E-state index contributed by atoms with van der Waals surface area (Å²) in [6.07, 6.45) is 6.55. The lowest BCUT2D eigenvalue weighted by molar-refractivity contribution is 0.700. The van der Waals surface area contributed by atoms with Crippen molar-refractivity contribution in [2.75, 3.05) is 0 Å². The Labute approximate surface area is 138 Å². The van der Waals surface area contributed by atoms with Gasteiger partial charge in [-0.1, -0.05) is 30.3 Å². The number of aromatic amines is 1. The lowest BCUT2D eigenvalue weighted by Gasteiger charge is -2.09. The maximum atomic E-state index is 12.6. The molecule has 1 aromatic carbocycles. The fourth-order valence-electron chi connectivity index (χ4n) is 3.22. The summed E-state index contributed by atoms with van der Waals surface area (Å²) in [6, 6.07) is 10.1. The van der Waals surface area contributed by atoms with Crippen LogP contribution in [0.15, 0.2) is 35.1 Å². The second-order valence-electron chi connectivity index (χ2n) is 6.04. The van der Waals surface area contributed by atoms with E-state index in [0.717, 1.165) is 34.2 Å². The molecule has 4 heteroatoms. The second-order valence-corrected chi connectivity index (χ2v) is 7.13. The number of aromatic nitrogens is 2. The molecule has 1 N–H and O–H groups in total. The van der Waals surface area contributed by atoms with Gasteiger partial charge in [0, 0.05) is 4.88 Å². The standard InChI is InChI=1S/C19H18N2OS/c1-12(11-13-7-3-2-4-8-13)17-20-18(22)16-14-9-5-6-10-15(14)23-19(16)21-17/h2-4,7-8,11H,5-6,9-10H2,1H3,(H,20,21,22)/b12-11+. The summed E-state index contributed by atoms with van der Waals surface area (Å²) >= 11 is 1.69. The van der Waals surface area contributed by atoms with Gasteiger partial charge < -0.3 is 4.98 Å². The van der Waals surface area contributed by atoms with Crippen molar-refractivity contribution >= 4 is 33.2 Å². The van der Waals surface area contributed by atoms with Crippen LogP contribution in [0.4, 0.5) is 0 Å². The van der Waals surface area contributed by atoms with Gasteiger partial charge in [0.15, 0.2) is 0 Å². The van der Waals surface area contributed by atoms with Crippen molar-refractivity contribution in [3.63, 3.8) is 0 Å². The Morgan fingerprint density at radius 2 is 2.00 bits per heavy atom. The van der Waals surface area contributed by atoms with E-state index in [-0.39, 0.29) is 5.56 Å². The van der Waals surface area contributed by atoms with Crippen LogP contribution in [0, 0.1) is 0 Å². The molecular formula is C19H18N2OS. The summed E-state index contributed by atoms with van der Waals surface area (Å²) < 4.78 is 0. The highest BCUT2D eigenvalue weighted by Gasteiger charge is 2.19. The van der Waals surface area contributed by atoms with Crippen molar-refractivity contribution in [1.82, 2.24) is 9.97 Å². The van der Waals surface area contributed by atoms with Crippen LogP contribution >= 0.6 is 11.3 Å². The van der Waals surface area contributed by atoms with Crippen LogP contribution in [0.3, 0.4) is 0 Å². The maximum Gasteiger partial charge on any atom is 0.260 e. The third kappa shape index (κ3) is 2.63. The third-order valence-corrected chi connectivity index (χ3v) is 5.57. The first kappa shape index (κ1) is 14.4. The van der Waals surface area contributed by atoms with Gasteiger partial charge >= 0.3 is 0 Å². The van der Waals surface area contributed by atoms with Crippen LogP contribution in [0.25, 0.3) is 21.9 Å². The predicted octanol–water partition coefficient (Wildman–Crippen LogP) is 4.42. The summed E-state index contributed by atoms with van der Waals surface area (Å²) in [5.74, 6) is 0.671. The van der Waals surface area contributed by atoms with Crippen LogP contribution in [0.1, 0.15) is 41.6 Å².